The Bertz CT molecular complexity index is 591. The lowest BCUT2D eigenvalue weighted by molar-refractivity contribution is -0.117. The molecule has 0 aromatic carbocycles. The van der Waals surface area contributed by atoms with Gasteiger partial charge in [-0.3, -0.25) is 20.2 Å². The number of carbonyl (C=O) groups is 1. The Morgan fingerprint density at radius 1 is 1.50 bits per heavy atom. The number of nitrogens with zero attached hydrogens (tertiary/aromatic N) is 3. The Morgan fingerprint density at radius 2 is 2.35 bits per heavy atom. The van der Waals surface area contributed by atoms with E-state index in [-0.39, 0.29) is 5.91 Å². The molecule has 1 aliphatic carbocycles. The quantitative estimate of drug-likeness (QED) is 0.873. The number of amides is 1. The molecule has 104 valence electrons. The van der Waals surface area contributed by atoms with E-state index >= 15 is 0 Å². The zero-order valence-electron chi connectivity index (χ0n) is 11.3. The second kappa shape index (κ2) is 5.40. The molecule has 0 bridgehead atoms. The van der Waals surface area contributed by atoms with Gasteiger partial charge in [0, 0.05) is 12.6 Å². The number of hydrogen-bond acceptors (Lipinski definition) is 4. The zero-order chi connectivity index (χ0) is 13.9. The summed E-state index contributed by atoms with van der Waals surface area (Å²) in [6.45, 7) is 2.12. The summed E-state index contributed by atoms with van der Waals surface area (Å²) in [4.78, 5) is 20.3. The first-order valence-corrected chi connectivity index (χ1v) is 6.86. The lowest BCUT2D eigenvalue weighted by Crippen LogP contribution is -2.16. The van der Waals surface area contributed by atoms with Crippen LogP contribution in [-0.4, -0.2) is 26.1 Å². The van der Waals surface area contributed by atoms with Crippen molar-refractivity contribution < 1.29 is 4.79 Å². The summed E-state index contributed by atoms with van der Waals surface area (Å²) < 4.78 is 0. The second-order valence-corrected chi connectivity index (χ2v) is 5.29. The molecule has 2 N–H and O–H groups in total. The summed E-state index contributed by atoms with van der Waals surface area (Å²) in [5, 5.41) is 9.50. The molecule has 1 saturated carbocycles. The van der Waals surface area contributed by atoms with E-state index in [1.165, 1.54) is 12.8 Å². The number of hydrogen-bond donors (Lipinski definition) is 2. The maximum atomic E-state index is 11.9. The first kappa shape index (κ1) is 12.8. The van der Waals surface area contributed by atoms with Gasteiger partial charge in [0.2, 0.25) is 11.9 Å². The van der Waals surface area contributed by atoms with Crippen LogP contribution in [0.2, 0.25) is 0 Å². The van der Waals surface area contributed by atoms with Crippen molar-refractivity contribution >= 4 is 11.9 Å². The summed E-state index contributed by atoms with van der Waals surface area (Å²) in [5.74, 6) is 1.98. The van der Waals surface area contributed by atoms with E-state index in [9.17, 15) is 4.79 Å². The number of aromatic amines is 1. The largest absolute Gasteiger partial charge is 0.293 e. The first-order chi connectivity index (χ1) is 9.72. The predicted octanol–water partition coefficient (Wildman–Crippen LogP) is 2.24. The molecule has 0 aliphatic heterocycles. The third kappa shape index (κ3) is 3.01. The lowest BCUT2D eigenvalue weighted by atomic mass is 10.0. The SMILES string of the molecule is CC(CC(=O)Nc1n[nH]c(-c2ccccn2)n1)C1CC1. The van der Waals surface area contributed by atoms with Gasteiger partial charge in [-0.15, -0.1) is 5.10 Å². The van der Waals surface area contributed by atoms with Crippen LogP contribution in [0.5, 0.6) is 0 Å². The number of rotatable bonds is 5. The lowest BCUT2D eigenvalue weighted by Gasteiger charge is -2.07. The molecule has 6 nitrogen and oxygen atoms in total. The standard InChI is InChI=1S/C14H17N5O/c1-9(10-5-6-10)8-12(20)16-14-17-13(18-19-14)11-4-2-3-7-15-11/h2-4,7,9-10H,5-6,8H2,1H3,(H2,16,17,18,19,20). The van der Waals surface area contributed by atoms with Crippen LogP contribution in [0, 0.1) is 11.8 Å². The minimum atomic E-state index is -0.0315. The molecule has 2 heterocycles. The van der Waals surface area contributed by atoms with E-state index in [0.717, 1.165) is 5.92 Å². The van der Waals surface area contributed by atoms with Gasteiger partial charge in [-0.25, -0.2) is 0 Å². The minimum absolute atomic E-state index is 0.0315. The fourth-order valence-corrected chi connectivity index (χ4v) is 2.24. The van der Waals surface area contributed by atoms with E-state index in [1.54, 1.807) is 6.20 Å². The van der Waals surface area contributed by atoms with Gasteiger partial charge in [0.1, 0.15) is 5.69 Å². The van der Waals surface area contributed by atoms with Crippen LogP contribution < -0.4 is 5.32 Å². The molecule has 1 unspecified atom stereocenters. The van der Waals surface area contributed by atoms with Gasteiger partial charge < -0.3 is 0 Å². The van der Waals surface area contributed by atoms with Crippen LogP contribution in [0.4, 0.5) is 5.95 Å². The molecule has 0 radical (unpaired) electrons. The Kier molecular flexibility index (Phi) is 3.45. The summed E-state index contributed by atoms with van der Waals surface area (Å²) in [7, 11) is 0. The Balaban J connectivity index is 1.61. The third-order valence-electron chi connectivity index (χ3n) is 3.58. The number of carbonyl (C=O) groups excluding carboxylic acids is 1. The third-order valence-corrected chi connectivity index (χ3v) is 3.58. The van der Waals surface area contributed by atoms with Crippen LogP contribution in [-0.2, 0) is 4.79 Å². The average molecular weight is 271 g/mol. The number of pyridine rings is 1. The molecular weight excluding hydrogens is 254 g/mol. The molecule has 1 fully saturated rings. The smallest absolute Gasteiger partial charge is 0.249 e. The maximum absolute atomic E-state index is 11.9. The predicted molar refractivity (Wildman–Crippen MR) is 74.7 cm³/mol. The molecule has 2 aromatic heterocycles. The van der Waals surface area contributed by atoms with Crippen molar-refractivity contribution in [3.63, 3.8) is 0 Å². The molecule has 3 rings (SSSR count). The van der Waals surface area contributed by atoms with Crippen molar-refractivity contribution in [2.75, 3.05) is 5.32 Å². The van der Waals surface area contributed by atoms with Crippen LogP contribution in [0.1, 0.15) is 26.2 Å². The van der Waals surface area contributed by atoms with Gasteiger partial charge in [0.25, 0.3) is 0 Å². The van der Waals surface area contributed by atoms with Crippen molar-refractivity contribution in [3.05, 3.63) is 24.4 Å². The van der Waals surface area contributed by atoms with Crippen LogP contribution in [0.15, 0.2) is 24.4 Å². The first-order valence-electron chi connectivity index (χ1n) is 6.86. The maximum Gasteiger partial charge on any atom is 0.249 e. The molecular formula is C14H17N5O. The van der Waals surface area contributed by atoms with Gasteiger partial charge in [-0.1, -0.05) is 13.0 Å². The molecule has 1 amide bonds. The zero-order valence-corrected chi connectivity index (χ0v) is 11.3. The highest BCUT2D eigenvalue weighted by molar-refractivity contribution is 5.89. The Hall–Kier alpha value is -2.24. The number of anilines is 1. The molecule has 6 heteroatoms. The van der Waals surface area contributed by atoms with Crippen molar-refractivity contribution in [2.24, 2.45) is 11.8 Å². The normalized spacial score (nSPS) is 15.8. The monoisotopic (exact) mass is 271 g/mol. The summed E-state index contributed by atoms with van der Waals surface area (Å²) in [5.41, 5.74) is 0.701. The molecule has 0 spiro atoms. The number of H-pyrrole nitrogens is 1. The van der Waals surface area contributed by atoms with Gasteiger partial charge in [0.15, 0.2) is 5.82 Å². The van der Waals surface area contributed by atoms with Crippen LogP contribution in [0.3, 0.4) is 0 Å². The van der Waals surface area contributed by atoms with E-state index in [1.807, 2.05) is 18.2 Å². The van der Waals surface area contributed by atoms with Gasteiger partial charge in [-0.05, 0) is 36.8 Å². The average Bonchev–Trinajstić information content (AvgIpc) is 3.21. The van der Waals surface area contributed by atoms with Gasteiger partial charge in [0.05, 0.1) is 0 Å². The highest BCUT2D eigenvalue weighted by Gasteiger charge is 2.29. The van der Waals surface area contributed by atoms with Crippen molar-refractivity contribution in [3.8, 4) is 11.5 Å². The number of nitrogens with one attached hydrogen (secondary N) is 2. The van der Waals surface area contributed by atoms with Gasteiger partial charge in [-0.2, -0.15) is 4.98 Å². The summed E-state index contributed by atoms with van der Waals surface area (Å²) in [6, 6.07) is 5.55. The summed E-state index contributed by atoms with van der Waals surface area (Å²) in [6.07, 6.45) is 4.71. The topological polar surface area (TPSA) is 83.6 Å². The highest BCUT2D eigenvalue weighted by Crippen LogP contribution is 2.38. The Morgan fingerprint density at radius 3 is 3.05 bits per heavy atom. The van der Waals surface area contributed by atoms with E-state index in [0.29, 0.717) is 29.8 Å². The number of aromatic nitrogens is 4. The molecule has 0 saturated heterocycles. The van der Waals surface area contributed by atoms with E-state index in [4.69, 9.17) is 0 Å². The van der Waals surface area contributed by atoms with Crippen molar-refractivity contribution in [1.82, 2.24) is 20.2 Å². The second-order valence-electron chi connectivity index (χ2n) is 5.29. The fourth-order valence-electron chi connectivity index (χ4n) is 2.24. The van der Waals surface area contributed by atoms with Gasteiger partial charge >= 0.3 is 0 Å². The van der Waals surface area contributed by atoms with E-state index in [2.05, 4.69) is 32.4 Å². The molecule has 1 aliphatic rings. The fraction of sp³-hybridized carbons (Fsp3) is 0.429. The van der Waals surface area contributed by atoms with E-state index < -0.39 is 0 Å². The summed E-state index contributed by atoms with van der Waals surface area (Å²) >= 11 is 0. The van der Waals surface area contributed by atoms with Crippen molar-refractivity contribution in [1.29, 1.82) is 0 Å². The molecule has 1 atom stereocenters. The highest BCUT2D eigenvalue weighted by atomic mass is 16.1. The molecule has 2 aromatic rings. The minimum Gasteiger partial charge on any atom is -0.293 e. The van der Waals surface area contributed by atoms with Crippen molar-refractivity contribution in [2.45, 2.75) is 26.2 Å². The van der Waals surface area contributed by atoms with Crippen LogP contribution >= 0.6 is 0 Å². The van der Waals surface area contributed by atoms with Crippen LogP contribution in [0.25, 0.3) is 11.5 Å². The Labute approximate surface area is 117 Å². The molecule has 20 heavy (non-hydrogen) atoms.